The monoisotopic (exact) mass is 287 g/mol. The van der Waals surface area contributed by atoms with E-state index in [0.717, 1.165) is 19.6 Å². The van der Waals surface area contributed by atoms with E-state index in [4.69, 9.17) is 15.6 Å². The number of rotatable bonds is 7. The van der Waals surface area contributed by atoms with E-state index in [1.54, 1.807) is 6.07 Å². The number of ether oxygens (including phenoxy) is 1. The second-order valence-electron chi connectivity index (χ2n) is 4.12. The van der Waals surface area contributed by atoms with Crippen LogP contribution in [-0.4, -0.2) is 39.6 Å². The molecule has 0 fully saturated rings. The SMILES string of the molecule is CCN(CC)CCOc1ccc(S(N)(=O)=O)c(N)c1. The Morgan fingerprint density at radius 2 is 1.89 bits per heavy atom. The predicted molar refractivity (Wildman–Crippen MR) is 75.5 cm³/mol. The summed E-state index contributed by atoms with van der Waals surface area (Å²) in [6, 6.07) is 4.39. The Kier molecular flexibility index (Phi) is 5.59. The number of primary sulfonamides is 1. The summed E-state index contributed by atoms with van der Waals surface area (Å²) in [6.07, 6.45) is 0. The van der Waals surface area contributed by atoms with E-state index in [0.29, 0.717) is 12.4 Å². The van der Waals surface area contributed by atoms with E-state index >= 15 is 0 Å². The van der Waals surface area contributed by atoms with Crippen LogP contribution in [-0.2, 0) is 10.0 Å². The Morgan fingerprint density at radius 3 is 2.37 bits per heavy atom. The summed E-state index contributed by atoms with van der Waals surface area (Å²) in [5.41, 5.74) is 5.74. The van der Waals surface area contributed by atoms with Crippen molar-refractivity contribution in [3.63, 3.8) is 0 Å². The first kappa shape index (κ1) is 15.7. The summed E-state index contributed by atoms with van der Waals surface area (Å²) < 4.78 is 27.9. The van der Waals surface area contributed by atoms with E-state index in [9.17, 15) is 8.42 Å². The Labute approximate surface area is 114 Å². The molecular weight excluding hydrogens is 266 g/mol. The summed E-state index contributed by atoms with van der Waals surface area (Å²) in [4.78, 5) is 2.14. The van der Waals surface area contributed by atoms with Gasteiger partial charge in [-0.2, -0.15) is 0 Å². The van der Waals surface area contributed by atoms with Gasteiger partial charge in [-0.15, -0.1) is 0 Å². The zero-order valence-electron chi connectivity index (χ0n) is 11.3. The Bertz CT molecular complexity index is 513. The number of anilines is 1. The molecule has 7 heteroatoms. The number of benzene rings is 1. The van der Waals surface area contributed by atoms with Gasteiger partial charge in [0.25, 0.3) is 0 Å². The maximum Gasteiger partial charge on any atom is 0.240 e. The Morgan fingerprint density at radius 1 is 1.26 bits per heavy atom. The molecule has 0 heterocycles. The highest BCUT2D eigenvalue weighted by atomic mass is 32.2. The van der Waals surface area contributed by atoms with Crippen LogP contribution in [0.3, 0.4) is 0 Å². The quantitative estimate of drug-likeness (QED) is 0.717. The third-order valence-electron chi connectivity index (χ3n) is 2.86. The highest BCUT2D eigenvalue weighted by Crippen LogP contribution is 2.22. The lowest BCUT2D eigenvalue weighted by Gasteiger charge is -2.18. The van der Waals surface area contributed by atoms with Crippen molar-refractivity contribution in [3.05, 3.63) is 18.2 Å². The Balaban J connectivity index is 2.65. The maximum atomic E-state index is 11.2. The van der Waals surface area contributed by atoms with E-state index in [1.807, 2.05) is 0 Å². The second kappa shape index (κ2) is 6.74. The van der Waals surface area contributed by atoms with Crippen molar-refractivity contribution in [2.75, 3.05) is 32.0 Å². The minimum absolute atomic E-state index is 0.0800. The molecule has 0 bridgehead atoms. The Hall–Kier alpha value is -1.31. The first-order chi connectivity index (χ1) is 8.88. The lowest BCUT2D eigenvalue weighted by atomic mass is 10.3. The van der Waals surface area contributed by atoms with E-state index < -0.39 is 10.0 Å². The van der Waals surface area contributed by atoms with Gasteiger partial charge in [0.2, 0.25) is 10.0 Å². The topological polar surface area (TPSA) is 98.6 Å². The van der Waals surface area contributed by atoms with Gasteiger partial charge in [0, 0.05) is 12.6 Å². The molecule has 0 amide bonds. The van der Waals surface area contributed by atoms with E-state index in [-0.39, 0.29) is 10.6 Å². The highest BCUT2D eigenvalue weighted by molar-refractivity contribution is 7.89. The summed E-state index contributed by atoms with van der Waals surface area (Å²) in [7, 11) is -3.78. The van der Waals surface area contributed by atoms with Crippen molar-refractivity contribution < 1.29 is 13.2 Å². The van der Waals surface area contributed by atoms with Crippen LogP contribution in [0.2, 0.25) is 0 Å². The average Bonchev–Trinajstić information content (AvgIpc) is 2.33. The van der Waals surface area contributed by atoms with Crippen LogP contribution in [0.4, 0.5) is 5.69 Å². The van der Waals surface area contributed by atoms with Crippen molar-refractivity contribution in [2.45, 2.75) is 18.7 Å². The molecule has 0 unspecified atom stereocenters. The molecule has 1 rings (SSSR count). The lowest BCUT2D eigenvalue weighted by Crippen LogP contribution is -2.27. The molecule has 6 nitrogen and oxygen atoms in total. The summed E-state index contributed by atoms with van der Waals surface area (Å²) in [5, 5.41) is 5.03. The predicted octanol–water partition coefficient (Wildman–Crippen LogP) is 0.637. The fraction of sp³-hybridized carbons (Fsp3) is 0.500. The molecule has 1 aromatic rings. The van der Waals surface area contributed by atoms with Crippen molar-refractivity contribution in [1.82, 2.24) is 4.90 Å². The number of likely N-dealkylation sites (N-methyl/N-ethyl adjacent to an activating group) is 1. The van der Waals surface area contributed by atoms with Crippen LogP contribution in [0, 0.1) is 0 Å². The summed E-state index contributed by atoms with van der Waals surface area (Å²) >= 11 is 0. The summed E-state index contributed by atoms with van der Waals surface area (Å²) in [6.45, 7) is 7.43. The number of hydrogen-bond acceptors (Lipinski definition) is 5. The van der Waals surface area contributed by atoms with Crippen molar-refractivity contribution in [3.8, 4) is 5.75 Å². The molecule has 4 N–H and O–H groups in total. The molecule has 0 aromatic heterocycles. The van der Waals surface area contributed by atoms with Gasteiger partial charge >= 0.3 is 0 Å². The molecule has 0 aliphatic heterocycles. The van der Waals surface area contributed by atoms with E-state index in [1.165, 1.54) is 12.1 Å². The normalized spacial score (nSPS) is 11.8. The van der Waals surface area contributed by atoms with Crippen molar-refractivity contribution in [2.24, 2.45) is 5.14 Å². The van der Waals surface area contributed by atoms with Crippen LogP contribution in [0.25, 0.3) is 0 Å². The van der Waals surface area contributed by atoms with Crippen molar-refractivity contribution in [1.29, 1.82) is 0 Å². The van der Waals surface area contributed by atoms with E-state index in [2.05, 4.69) is 18.7 Å². The van der Waals surface area contributed by atoms with Gasteiger partial charge in [-0.05, 0) is 25.2 Å². The lowest BCUT2D eigenvalue weighted by molar-refractivity contribution is 0.223. The number of nitrogens with zero attached hydrogens (tertiary/aromatic N) is 1. The zero-order valence-corrected chi connectivity index (χ0v) is 12.1. The highest BCUT2D eigenvalue weighted by Gasteiger charge is 2.12. The van der Waals surface area contributed by atoms with Gasteiger partial charge in [0.05, 0.1) is 5.69 Å². The molecule has 0 saturated carbocycles. The third-order valence-corrected chi connectivity index (χ3v) is 3.84. The molecule has 19 heavy (non-hydrogen) atoms. The van der Waals surface area contributed by atoms with Gasteiger partial charge in [-0.25, -0.2) is 13.6 Å². The van der Waals surface area contributed by atoms with Gasteiger partial charge < -0.3 is 15.4 Å². The minimum Gasteiger partial charge on any atom is -0.492 e. The van der Waals surface area contributed by atoms with Crippen LogP contribution >= 0.6 is 0 Å². The smallest absolute Gasteiger partial charge is 0.240 e. The molecule has 0 aliphatic carbocycles. The molecule has 0 aliphatic rings. The van der Waals surface area contributed by atoms with Crippen LogP contribution in [0.1, 0.15) is 13.8 Å². The zero-order chi connectivity index (χ0) is 14.5. The molecule has 0 saturated heterocycles. The summed E-state index contributed by atoms with van der Waals surface area (Å²) in [5.74, 6) is 0.539. The number of nitrogen functional groups attached to an aromatic ring is 1. The minimum atomic E-state index is -3.78. The molecular formula is C12H21N3O3S. The average molecular weight is 287 g/mol. The molecule has 0 radical (unpaired) electrons. The van der Waals surface area contributed by atoms with Crippen LogP contribution < -0.4 is 15.6 Å². The van der Waals surface area contributed by atoms with Gasteiger partial charge in [-0.1, -0.05) is 13.8 Å². The number of sulfonamides is 1. The van der Waals surface area contributed by atoms with Gasteiger partial charge in [0.1, 0.15) is 17.3 Å². The molecule has 0 atom stereocenters. The standard InChI is InChI=1S/C12H21N3O3S/c1-3-15(4-2)7-8-18-10-5-6-12(11(13)9-10)19(14,16)17/h5-6,9H,3-4,7-8,13H2,1-2H3,(H2,14,16,17). The van der Waals surface area contributed by atoms with Gasteiger partial charge in [-0.3, -0.25) is 0 Å². The van der Waals surface area contributed by atoms with Crippen molar-refractivity contribution >= 4 is 15.7 Å². The fourth-order valence-electron chi connectivity index (χ4n) is 1.71. The number of nitrogens with two attached hydrogens (primary N) is 2. The second-order valence-corrected chi connectivity index (χ2v) is 5.65. The molecule has 0 spiro atoms. The van der Waals surface area contributed by atoms with Crippen LogP contribution in [0.5, 0.6) is 5.75 Å². The maximum absolute atomic E-state index is 11.2. The molecule has 1 aromatic carbocycles. The van der Waals surface area contributed by atoms with Gasteiger partial charge in [0.15, 0.2) is 0 Å². The first-order valence-electron chi connectivity index (χ1n) is 6.16. The third kappa shape index (κ3) is 4.70. The molecule has 108 valence electrons. The fourth-order valence-corrected chi connectivity index (χ4v) is 2.35. The number of hydrogen-bond donors (Lipinski definition) is 2. The van der Waals surface area contributed by atoms with Crippen LogP contribution in [0.15, 0.2) is 23.1 Å². The largest absolute Gasteiger partial charge is 0.492 e. The first-order valence-corrected chi connectivity index (χ1v) is 7.70.